The summed E-state index contributed by atoms with van der Waals surface area (Å²) in [4.78, 5) is 11.8. The average Bonchev–Trinajstić information content (AvgIpc) is 2.41. The van der Waals surface area contributed by atoms with Crippen LogP contribution in [0.5, 0.6) is 5.75 Å². The molecule has 0 radical (unpaired) electrons. The Morgan fingerprint density at radius 1 is 1.55 bits per heavy atom. The highest BCUT2D eigenvalue weighted by Crippen LogP contribution is 2.28. The van der Waals surface area contributed by atoms with Crippen LogP contribution in [0, 0.1) is 0 Å². The van der Waals surface area contributed by atoms with Crippen molar-refractivity contribution in [3.05, 3.63) is 27.7 Å². The van der Waals surface area contributed by atoms with Crippen molar-refractivity contribution in [3.63, 3.8) is 0 Å². The number of ether oxygens (including phenoxy) is 1. The van der Waals surface area contributed by atoms with Gasteiger partial charge in [-0.25, -0.2) is 0 Å². The standard InChI is InChI=1S/C14H19BrClNO3/c1-3-11(18)6-7-17-14(19)9(2)20-13-5-4-10(16)8-12(13)15/h4-5,8-9,11,18H,3,6-7H2,1-2H3,(H,17,19). The van der Waals surface area contributed by atoms with E-state index in [4.69, 9.17) is 16.3 Å². The molecule has 0 aliphatic rings. The first-order chi connectivity index (χ1) is 9.43. The van der Waals surface area contributed by atoms with E-state index in [1.54, 1.807) is 25.1 Å². The van der Waals surface area contributed by atoms with Crippen molar-refractivity contribution < 1.29 is 14.6 Å². The molecule has 1 aromatic rings. The Hall–Kier alpha value is -0.780. The summed E-state index contributed by atoms with van der Waals surface area (Å²) in [7, 11) is 0. The zero-order chi connectivity index (χ0) is 15.1. The molecule has 0 spiro atoms. The van der Waals surface area contributed by atoms with Crippen LogP contribution in [0.1, 0.15) is 26.7 Å². The van der Waals surface area contributed by atoms with E-state index in [-0.39, 0.29) is 12.0 Å². The van der Waals surface area contributed by atoms with E-state index in [1.807, 2.05) is 6.92 Å². The molecule has 0 heterocycles. The number of hydrogen-bond donors (Lipinski definition) is 2. The smallest absolute Gasteiger partial charge is 0.260 e. The van der Waals surface area contributed by atoms with Crippen molar-refractivity contribution >= 4 is 33.4 Å². The molecule has 0 aliphatic heterocycles. The predicted molar refractivity (Wildman–Crippen MR) is 83.2 cm³/mol. The SMILES string of the molecule is CCC(O)CCNC(=O)C(C)Oc1ccc(Cl)cc1Br. The molecule has 2 unspecified atom stereocenters. The second kappa shape index (κ2) is 8.49. The van der Waals surface area contributed by atoms with Gasteiger partial charge in [0.15, 0.2) is 6.10 Å². The summed E-state index contributed by atoms with van der Waals surface area (Å²) >= 11 is 9.17. The number of carbonyl (C=O) groups excluding carboxylic acids is 1. The van der Waals surface area contributed by atoms with Crippen molar-refractivity contribution in [2.75, 3.05) is 6.54 Å². The minimum atomic E-state index is -0.619. The Morgan fingerprint density at radius 3 is 2.85 bits per heavy atom. The number of carbonyl (C=O) groups is 1. The fraction of sp³-hybridized carbons (Fsp3) is 0.500. The van der Waals surface area contributed by atoms with Gasteiger partial charge < -0.3 is 15.2 Å². The minimum absolute atomic E-state index is 0.213. The number of halogens is 2. The van der Waals surface area contributed by atoms with Crippen LogP contribution < -0.4 is 10.1 Å². The summed E-state index contributed by atoms with van der Waals surface area (Å²) < 4.78 is 6.27. The van der Waals surface area contributed by atoms with Crippen LogP contribution in [-0.2, 0) is 4.79 Å². The third kappa shape index (κ3) is 5.69. The molecule has 2 atom stereocenters. The molecular formula is C14H19BrClNO3. The van der Waals surface area contributed by atoms with E-state index in [2.05, 4.69) is 21.2 Å². The number of aliphatic hydroxyl groups is 1. The molecular weight excluding hydrogens is 346 g/mol. The number of benzene rings is 1. The normalized spacial score (nSPS) is 13.7. The van der Waals surface area contributed by atoms with Crippen LogP contribution in [0.2, 0.25) is 5.02 Å². The maximum absolute atomic E-state index is 11.8. The van der Waals surface area contributed by atoms with E-state index < -0.39 is 6.10 Å². The molecule has 0 aliphatic carbocycles. The summed E-state index contributed by atoms with van der Waals surface area (Å²) in [5.41, 5.74) is 0. The Bertz CT molecular complexity index is 456. The van der Waals surface area contributed by atoms with Crippen molar-refractivity contribution in [3.8, 4) is 5.75 Å². The van der Waals surface area contributed by atoms with E-state index >= 15 is 0 Å². The Kier molecular flexibility index (Phi) is 7.34. The van der Waals surface area contributed by atoms with Crippen LogP contribution >= 0.6 is 27.5 Å². The summed E-state index contributed by atoms with van der Waals surface area (Å²) in [5, 5.41) is 12.7. The molecule has 6 heteroatoms. The molecule has 0 saturated heterocycles. The number of hydrogen-bond acceptors (Lipinski definition) is 3. The predicted octanol–water partition coefficient (Wildman–Crippen LogP) is 3.15. The minimum Gasteiger partial charge on any atom is -0.480 e. The quantitative estimate of drug-likeness (QED) is 0.781. The lowest BCUT2D eigenvalue weighted by atomic mass is 10.2. The largest absolute Gasteiger partial charge is 0.480 e. The molecule has 112 valence electrons. The lowest BCUT2D eigenvalue weighted by Crippen LogP contribution is -2.37. The zero-order valence-electron chi connectivity index (χ0n) is 11.5. The van der Waals surface area contributed by atoms with Gasteiger partial charge in [-0.1, -0.05) is 18.5 Å². The van der Waals surface area contributed by atoms with Gasteiger partial charge >= 0.3 is 0 Å². The molecule has 0 fully saturated rings. The van der Waals surface area contributed by atoms with E-state index in [0.29, 0.717) is 34.6 Å². The van der Waals surface area contributed by atoms with Gasteiger partial charge in [-0.15, -0.1) is 0 Å². The monoisotopic (exact) mass is 363 g/mol. The van der Waals surface area contributed by atoms with Gasteiger partial charge in [0.05, 0.1) is 10.6 Å². The summed E-state index contributed by atoms with van der Waals surface area (Å²) in [6.45, 7) is 4.01. The second-order valence-corrected chi connectivity index (χ2v) is 5.77. The molecule has 1 amide bonds. The first-order valence-electron chi connectivity index (χ1n) is 6.51. The highest BCUT2D eigenvalue weighted by Gasteiger charge is 2.16. The van der Waals surface area contributed by atoms with Crippen molar-refractivity contribution in [2.45, 2.75) is 38.9 Å². The van der Waals surface area contributed by atoms with Crippen LogP contribution in [-0.4, -0.2) is 29.8 Å². The van der Waals surface area contributed by atoms with Crippen LogP contribution in [0.15, 0.2) is 22.7 Å². The van der Waals surface area contributed by atoms with Gasteiger partial charge in [0.2, 0.25) is 0 Å². The molecule has 20 heavy (non-hydrogen) atoms. The molecule has 1 aromatic carbocycles. The molecule has 0 saturated carbocycles. The van der Waals surface area contributed by atoms with E-state index in [1.165, 1.54) is 0 Å². The lowest BCUT2D eigenvalue weighted by Gasteiger charge is -2.16. The van der Waals surface area contributed by atoms with E-state index in [0.717, 1.165) is 0 Å². The highest BCUT2D eigenvalue weighted by molar-refractivity contribution is 9.10. The van der Waals surface area contributed by atoms with Crippen molar-refractivity contribution in [1.29, 1.82) is 0 Å². The second-order valence-electron chi connectivity index (χ2n) is 4.48. The molecule has 0 bridgehead atoms. The number of rotatable bonds is 7. The maximum atomic E-state index is 11.8. The van der Waals surface area contributed by atoms with Gasteiger partial charge in [-0.3, -0.25) is 4.79 Å². The summed E-state index contributed by atoms with van der Waals surface area (Å²) in [5.74, 6) is 0.348. The number of nitrogens with one attached hydrogen (secondary N) is 1. The van der Waals surface area contributed by atoms with Crippen LogP contribution in [0.3, 0.4) is 0 Å². The van der Waals surface area contributed by atoms with Crippen LogP contribution in [0.25, 0.3) is 0 Å². The number of amides is 1. The third-order valence-electron chi connectivity index (χ3n) is 2.81. The number of aliphatic hydroxyl groups excluding tert-OH is 1. The molecule has 1 rings (SSSR count). The lowest BCUT2D eigenvalue weighted by molar-refractivity contribution is -0.127. The van der Waals surface area contributed by atoms with E-state index in [9.17, 15) is 9.90 Å². The molecule has 4 nitrogen and oxygen atoms in total. The third-order valence-corrected chi connectivity index (χ3v) is 3.67. The first kappa shape index (κ1) is 17.3. The summed E-state index contributed by atoms with van der Waals surface area (Å²) in [6, 6.07) is 5.11. The molecule has 2 N–H and O–H groups in total. The fourth-order valence-electron chi connectivity index (χ4n) is 1.52. The topological polar surface area (TPSA) is 58.6 Å². The van der Waals surface area contributed by atoms with Gasteiger partial charge in [0.1, 0.15) is 5.75 Å². The Labute approximate surface area is 132 Å². The van der Waals surface area contributed by atoms with Crippen molar-refractivity contribution in [1.82, 2.24) is 5.32 Å². The van der Waals surface area contributed by atoms with Crippen molar-refractivity contribution in [2.24, 2.45) is 0 Å². The first-order valence-corrected chi connectivity index (χ1v) is 7.68. The zero-order valence-corrected chi connectivity index (χ0v) is 13.9. The Balaban J connectivity index is 2.45. The van der Waals surface area contributed by atoms with Crippen LogP contribution in [0.4, 0.5) is 0 Å². The van der Waals surface area contributed by atoms with Gasteiger partial charge in [-0.2, -0.15) is 0 Å². The van der Waals surface area contributed by atoms with Gasteiger partial charge in [0.25, 0.3) is 5.91 Å². The maximum Gasteiger partial charge on any atom is 0.260 e. The van der Waals surface area contributed by atoms with Gasteiger partial charge in [-0.05, 0) is 53.9 Å². The van der Waals surface area contributed by atoms with Gasteiger partial charge in [0, 0.05) is 11.6 Å². The molecule has 0 aromatic heterocycles. The fourth-order valence-corrected chi connectivity index (χ4v) is 2.30. The Morgan fingerprint density at radius 2 is 2.25 bits per heavy atom. The highest BCUT2D eigenvalue weighted by atomic mass is 79.9. The summed E-state index contributed by atoms with van der Waals surface area (Å²) in [6.07, 6.45) is 0.224. The average molecular weight is 365 g/mol.